The molecular formula is C29H36N2O6. The third-order valence-electron chi connectivity index (χ3n) is 5.13. The van der Waals surface area contributed by atoms with Crippen LogP contribution in [0.1, 0.15) is 48.5 Å². The van der Waals surface area contributed by atoms with Gasteiger partial charge in [-0.15, -0.1) is 0 Å². The number of allylic oxidation sites excluding steroid dienone is 1. The fourth-order valence-corrected chi connectivity index (χ4v) is 3.11. The lowest BCUT2D eigenvalue weighted by Crippen LogP contribution is -2.08. The Kier molecular flexibility index (Phi) is 12.3. The number of carbonyl (C=O) groups excluding carboxylic acids is 2. The van der Waals surface area contributed by atoms with Crippen molar-refractivity contribution < 1.29 is 28.5 Å². The molecule has 2 aromatic rings. The first-order valence-corrected chi connectivity index (χ1v) is 12.1. The fraction of sp³-hybridized carbons (Fsp3) is 0.310. The zero-order valence-electron chi connectivity index (χ0n) is 21.4. The molecule has 0 unspecified atom stereocenters. The molecule has 0 aliphatic heterocycles. The zero-order chi connectivity index (χ0) is 27.0. The van der Waals surface area contributed by atoms with Crippen LogP contribution in [0.4, 0.5) is 11.4 Å². The Morgan fingerprint density at radius 2 is 1.43 bits per heavy atom. The van der Waals surface area contributed by atoms with Crippen molar-refractivity contribution in [1.29, 1.82) is 0 Å². The number of unbranched alkanes of at least 4 members (excludes halogenated alkanes) is 3. The van der Waals surface area contributed by atoms with Crippen LogP contribution in [0.5, 0.6) is 5.75 Å². The minimum Gasteiger partial charge on any atom is -0.494 e. The molecule has 0 aliphatic rings. The van der Waals surface area contributed by atoms with Gasteiger partial charge in [0.05, 0.1) is 18.8 Å². The monoisotopic (exact) mass is 508 g/mol. The van der Waals surface area contributed by atoms with Crippen molar-refractivity contribution in [3.05, 3.63) is 84.2 Å². The fourth-order valence-electron chi connectivity index (χ4n) is 3.11. The zero-order valence-corrected chi connectivity index (χ0v) is 21.4. The summed E-state index contributed by atoms with van der Waals surface area (Å²) >= 11 is 0. The van der Waals surface area contributed by atoms with Crippen LogP contribution in [0.25, 0.3) is 6.08 Å². The molecule has 37 heavy (non-hydrogen) atoms. The van der Waals surface area contributed by atoms with E-state index in [-0.39, 0.29) is 13.2 Å². The molecule has 8 heteroatoms. The molecule has 0 aromatic heterocycles. The van der Waals surface area contributed by atoms with Crippen molar-refractivity contribution in [2.24, 2.45) is 0 Å². The smallest absolute Gasteiger partial charge is 0.338 e. The van der Waals surface area contributed by atoms with Gasteiger partial charge in [0, 0.05) is 17.5 Å². The number of nitrogens with two attached hydrogens (primary N) is 2. The van der Waals surface area contributed by atoms with Crippen molar-refractivity contribution in [3.8, 4) is 5.75 Å². The summed E-state index contributed by atoms with van der Waals surface area (Å²) in [6.07, 6.45) is 6.57. The summed E-state index contributed by atoms with van der Waals surface area (Å²) in [4.78, 5) is 23.8. The lowest BCUT2D eigenvalue weighted by Gasteiger charge is -2.08. The van der Waals surface area contributed by atoms with Crippen molar-refractivity contribution in [2.45, 2.75) is 32.6 Å². The molecule has 0 spiro atoms. The molecular weight excluding hydrogens is 472 g/mol. The van der Waals surface area contributed by atoms with E-state index < -0.39 is 11.9 Å². The van der Waals surface area contributed by atoms with Crippen LogP contribution in [0, 0.1) is 0 Å². The first kappa shape index (κ1) is 29.0. The molecule has 198 valence electrons. The second kappa shape index (κ2) is 15.7. The summed E-state index contributed by atoms with van der Waals surface area (Å²) in [5, 5.41) is 0. The van der Waals surface area contributed by atoms with Gasteiger partial charge in [-0.2, -0.15) is 0 Å². The van der Waals surface area contributed by atoms with Gasteiger partial charge < -0.3 is 30.4 Å². The minimum absolute atomic E-state index is 0.131. The lowest BCUT2D eigenvalue weighted by atomic mass is 10.2. The quantitative estimate of drug-likeness (QED) is 0.0781. The number of carbonyl (C=O) groups is 2. The van der Waals surface area contributed by atoms with E-state index in [4.69, 9.17) is 30.4 Å². The van der Waals surface area contributed by atoms with Crippen molar-refractivity contribution in [3.63, 3.8) is 0 Å². The Labute approximate surface area is 218 Å². The molecule has 0 saturated heterocycles. The predicted molar refractivity (Wildman–Crippen MR) is 146 cm³/mol. The predicted octanol–water partition coefficient (Wildman–Crippen LogP) is 5.31. The molecule has 0 saturated carbocycles. The standard InChI is InChI=1S/C29H36N2O6/c1-21(2)22(3)34-16-17-36-28(32)13-10-23-8-11-27(12-9-23)35-14-6-4-5-7-15-37-29(33)24-18-25(30)20-26(31)19-24/h8-13,18-20H,1,3-7,14-17,30-31H2,2H3/b13-10+. The Balaban J connectivity index is 1.54. The van der Waals surface area contributed by atoms with E-state index in [0.717, 1.165) is 42.6 Å². The van der Waals surface area contributed by atoms with Gasteiger partial charge in [-0.1, -0.05) is 25.3 Å². The first-order valence-electron chi connectivity index (χ1n) is 12.1. The Bertz CT molecular complexity index is 1070. The van der Waals surface area contributed by atoms with E-state index in [0.29, 0.717) is 35.9 Å². The van der Waals surface area contributed by atoms with Crippen LogP contribution < -0.4 is 16.2 Å². The average Bonchev–Trinajstić information content (AvgIpc) is 2.86. The number of benzene rings is 2. The highest BCUT2D eigenvalue weighted by molar-refractivity contribution is 5.91. The van der Waals surface area contributed by atoms with Gasteiger partial charge in [-0.05, 0) is 80.2 Å². The maximum atomic E-state index is 12.0. The third-order valence-corrected chi connectivity index (χ3v) is 5.13. The van der Waals surface area contributed by atoms with Crippen LogP contribution in [-0.4, -0.2) is 38.4 Å². The van der Waals surface area contributed by atoms with E-state index in [1.807, 2.05) is 24.3 Å². The van der Waals surface area contributed by atoms with E-state index in [2.05, 4.69) is 13.2 Å². The average molecular weight is 509 g/mol. The van der Waals surface area contributed by atoms with Gasteiger partial charge in [-0.3, -0.25) is 0 Å². The Hall–Kier alpha value is -4.20. The number of anilines is 2. The van der Waals surface area contributed by atoms with Crippen LogP contribution >= 0.6 is 0 Å². The molecule has 0 heterocycles. The van der Waals surface area contributed by atoms with Gasteiger partial charge in [0.25, 0.3) is 0 Å². The molecule has 0 radical (unpaired) electrons. The largest absolute Gasteiger partial charge is 0.494 e. The first-order chi connectivity index (χ1) is 17.7. The molecule has 4 N–H and O–H groups in total. The Morgan fingerprint density at radius 3 is 2.08 bits per heavy atom. The highest BCUT2D eigenvalue weighted by atomic mass is 16.6. The van der Waals surface area contributed by atoms with Gasteiger partial charge in [0.2, 0.25) is 0 Å². The summed E-state index contributed by atoms with van der Waals surface area (Å²) in [7, 11) is 0. The molecule has 0 bridgehead atoms. The summed E-state index contributed by atoms with van der Waals surface area (Å²) in [6, 6.07) is 12.1. The molecule has 0 fully saturated rings. The molecule has 2 rings (SSSR count). The van der Waals surface area contributed by atoms with Gasteiger partial charge in [-0.25, -0.2) is 9.59 Å². The van der Waals surface area contributed by atoms with E-state index >= 15 is 0 Å². The lowest BCUT2D eigenvalue weighted by molar-refractivity contribution is -0.138. The number of nitrogen functional groups attached to an aromatic ring is 2. The van der Waals surface area contributed by atoms with E-state index in [9.17, 15) is 9.59 Å². The molecule has 0 aliphatic carbocycles. The van der Waals surface area contributed by atoms with Gasteiger partial charge >= 0.3 is 11.9 Å². The SMILES string of the molecule is C=C(C)C(=C)OCCOC(=O)/C=C/c1ccc(OCCCCCCOC(=O)c2cc(N)cc(N)c2)cc1. The van der Waals surface area contributed by atoms with Crippen molar-refractivity contribution in [2.75, 3.05) is 37.9 Å². The molecule has 2 aromatic carbocycles. The van der Waals surface area contributed by atoms with Crippen LogP contribution in [0.2, 0.25) is 0 Å². The van der Waals surface area contributed by atoms with E-state index in [1.54, 1.807) is 31.2 Å². The summed E-state index contributed by atoms with van der Waals surface area (Å²) in [6.45, 7) is 10.5. The maximum absolute atomic E-state index is 12.0. The number of rotatable bonds is 16. The number of hydrogen-bond donors (Lipinski definition) is 2. The number of hydrogen-bond acceptors (Lipinski definition) is 8. The summed E-state index contributed by atoms with van der Waals surface area (Å²) < 4.78 is 21.4. The van der Waals surface area contributed by atoms with Crippen LogP contribution in [0.3, 0.4) is 0 Å². The maximum Gasteiger partial charge on any atom is 0.338 e. The number of esters is 2. The third kappa shape index (κ3) is 11.9. The highest BCUT2D eigenvalue weighted by Gasteiger charge is 2.08. The van der Waals surface area contributed by atoms with Gasteiger partial charge in [0.1, 0.15) is 24.7 Å². The van der Waals surface area contributed by atoms with Crippen LogP contribution in [-0.2, 0) is 19.0 Å². The minimum atomic E-state index is -0.450. The second-order valence-corrected chi connectivity index (χ2v) is 8.41. The van der Waals surface area contributed by atoms with Gasteiger partial charge in [0.15, 0.2) is 0 Å². The summed E-state index contributed by atoms with van der Waals surface area (Å²) in [5.74, 6) is 0.362. The summed E-state index contributed by atoms with van der Waals surface area (Å²) in [5.41, 5.74) is 14.2. The second-order valence-electron chi connectivity index (χ2n) is 8.41. The topological polar surface area (TPSA) is 123 Å². The molecule has 8 nitrogen and oxygen atoms in total. The highest BCUT2D eigenvalue weighted by Crippen LogP contribution is 2.16. The van der Waals surface area contributed by atoms with E-state index in [1.165, 1.54) is 6.08 Å². The molecule has 0 amide bonds. The van der Waals surface area contributed by atoms with Crippen LogP contribution in [0.15, 0.2) is 73.0 Å². The number of ether oxygens (including phenoxy) is 4. The molecule has 0 atom stereocenters. The Morgan fingerprint density at radius 1 is 0.811 bits per heavy atom. The van der Waals surface area contributed by atoms with Crippen molar-refractivity contribution in [1.82, 2.24) is 0 Å². The normalized spacial score (nSPS) is 10.6. The van der Waals surface area contributed by atoms with Crippen molar-refractivity contribution >= 4 is 29.4 Å².